The maximum absolute atomic E-state index is 14.4. The van der Waals surface area contributed by atoms with Crippen molar-refractivity contribution in [1.82, 2.24) is 0 Å². The minimum Gasteiger partial charge on any atom is -0.491 e. The van der Waals surface area contributed by atoms with E-state index in [2.05, 4.69) is 31.2 Å². The van der Waals surface area contributed by atoms with Crippen molar-refractivity contribution >= 4 is 0 Å². The van der Waals surface area contributed by atoms with Crippen molar-refractivity contribution in [2.75, 3.05) is 6.61 Å². The second-order valence-corrected chi connectivity index (χ2v) is 6.55. The van der Waals surface area contributed by atoms with E-state index in [4.69, 9.17) is 4.74 Å². The Bertz CT molecular complexity index is 884. The minimum absolute atomic E-state index is 0.0569. The summed E-state index contributed by atoms with van der Waals surface area (Å²) in [5, 5.41) is 0. The van der Waals surface area contributed by atoms with Crippen molar-refractivity contribution in [2.24, 2.45) is 0 Å². The Hall–Kier alpha value is -2.68. The van der Waals surface area contributed by atoms with Gasteiger partial charge in [0.05, 0.1) is 6.61 Å². The maximum atomic E-state index is 14.4. The van der Waals surface area contributed by atoms with E-state index in [1.54, 1.807) is 13.0 Å². The molecule has 0 N–H and O–H groups in total. The van der Waals surface area contributed by atoms with E-state index >= 15 is 0 Å². The first kappa shape index (κ1) is 19.1. The minimum atomic E-state index is -0.943. The van der Waals surface area contributed by atoms with Crippen molar-refractivity contribution in [3.05, 3.63) is 77.9 Å². The molecule has 3 aromatic rings. The molecule has 0 amide bonds. The summed E-state index contributed by atoms with van der Waals surface area (Å²) in [6, 6.07) is 19.1. The topological polar surface area (TPSA) is 9.23 Å². The zero-order valence-electron chi connectivity index (χ0n) is 15.8. The number of ether oxygens (including phenoxy) is 1. The highest BCUT2D eigenvalue weighted by Crippen LogP contribution is 2.31. The lowest BCUT2D eigenvalue weighted by Crippen LogP contribution is -1.98. The Kier molecular flexibility index (Phi) is 6.23. The fourth-order valence-electron chi connectivity index (χ4n) is 3.11. The van der Waals surface area contributed by atoms with Gasteiger partial charge in [0.1, 0.15) is 0 Å². The number of unbranched alkanes of at least 4 members (excludes halogenated alkanes) is 1. The molecule has 0 aromatic heterocycles. The molecule has 0 saturated heterocycles. The fraction of sp³-hybridized carbons (Fsp3) is 0.250. The summed E-state index contributed by atoms with van der Waals surface area (Å²) in [6.07, 6.45) is 3.47. The van der Waals surface area contributed by atoms with Gasteiger partial charge in [0.2, 0.25) is 5.82 Å². The molecule has 3 aromatic carbocycles. The number of hydrogen-bond acceptors (Lipinski definition) is 1. The van der Waals surface area contributed by atoms with Crippen LogP contribution in [0.2, 0.25) is 0 Å². The average Bonchev–Trinajstić information content (AvgIpc) is 2.71. The van der Waals surface area contributed by atoms with Crippen molar-refractivity contribution in [2.45, 2.75) is 33.1 Å². The SMILES string of the molecule is CCCCc1ccc(-c2ccc(-c3ccc(OCC)c(F)c3F)cc2)cc1. The number of hydrogen-bond donors (Lipinski definition) is 0. The Morgan fingerprint density at radius 1 is 0.704 bits per heavy atom. The van der Waals surface area contributed by atoms with Crippen LogP contribution in [0.15, 0.2) is 60.7 Å². The molecule has 0 aliphatic carbocycles. The summed E-state index contributed by atoms with van der Waals surface area (Å²) in [7, 11) is 0. The molecule has 3 rings (SSSR count). The normalized spacial score (nSPS) is 10.8. The Balaban J connectivity index is 1.82. The third-order valence-electron chi connectivity index (χ3n) is 4.65. The lowest BCUT2D eigenvalue weighted by molar-refractivity contribution is 0.314. The van der Waals surface area contributed by atoms with Crippen LogP contribution in [0.5, 0.6) is 5.75 Å². The number of halogens is 2. The maximum Gasteiger partial charge on any atom is 0.201 e. The number of aryl methyl sites for hydroxylation is 1. The molecule has 0 radical (unpaired) electrons. The first-order valence-electron chi connectivity index (χ1n) is 9.44. The highest BCUT2D eigenvalue weighted by molar-refractivity contribution is 5.71. The molecule has 3 heteroatoms. The first-order valence-corrected chi connectivity index (χ1v) is 9.44. The largest absolute Gasteiger partial charge is 0.491 e. The molecule has 0 heterocycles. The molecular formula is C24H24F2O. The number of rotatable bonds is 7. The summed E-state index contributed by atoms with van der Waals surface area (Å²) in [4.78, 5) is 0. The van der Waals surface area contributed by atoms with Crippen LogP contribution in [0.4, 0.5) is 8.78 Å². The molecule has 140 valence electrons. The Labute approximate surface area is 159 Å². The third kappa shape index (κ3) is 4.36. The average molecular weight is 366 g/mol. The third-order valence-corrected chi connectivity index (χ3v) is 4.65. The molecule has 0 atom stereocenters. The van der Waals surface area contributed by atoms with Crippen LogP contribution in [0.25, 0.3) is 22.3 Å². The molecule has 0 saturated carbocycles. The van der Waals surface area contributed by atoms with Gasteiger partial charge >= 0.3 is 0 Å². The monoisotopic (exact) mass is 366 g/mol. The van der Waals surface area contributed by atoms with Gasteiger partial charge < -0.3 is 4.74 Å². The molecule has 1 nitrogen and oxygen atoms in total. The lowest BCUT2D eigenvalue weighted by Gasteiger charge is -2.10. The first-order chi connectivity index (χ1) is 13.1. The van der Waals surface area contributed by atoms with Crippen LogP contribution < -0.4 is 4.74 Å². The quantitative estimate of drug-likeness (QED) is 0.436. The molecular weight excluding hydrogens is 342 g/mol. The van der Waals surface area contributed by atoms with Gasteiger partial charge in [0, 0.05) is 5.56 Å². The predicted octanol–water partition coefficient (Wildman–Crippen LogP) is 7.04. The molecule has 0 fully saturated rings. The van der Waals surface area contributed by atoms with Crippen molar-refractivity contribution in [1.29, 1.82) is 0 Å². The van der Waals surface area contributed by atoms with Gasteiger partial charge in [-0.15, -0.1) is 0 Å². The predicted molar refractivity (Wildman–Crippen MR) is 107 cm³/mol. The molecule has 27 heavy (non-hydrogen) atoms. The molecule has 0 spiro atoms. The molecule has 0 aliphatic rings. The van der Waals surface area contributed by atoms with Gasteiger partial charge in [0.15, 0.2) is 11.6 Å². The standard InChI is InChI=1S/C24H24F2O/c1-3-5-6-17-7-9-18(10-8-17)19-11-13-20(14-12-19)21-15-16-22(27-4-2)24(26)23(21)25/h7-16H,3-6H2,1-2H3. The lowest BCUT2D eigenvalue weighted by atomic mass is 9.98. The van der Waals surface area contributed by atoms with Crippen LogP contribution in [-0.4, -0.2) is 6.61 Å². The van der Waals surface area contributed by atoms with Crippen LogP contribution >= 0.6 is 0 Å². The van der Waals surface area contributed by atoms with E-state index in [9.17, 15) is 8.78 Å². The van der Waals surface area contributed by atoms with E-state index in [1.165, 1.54) is 24.5 Å². The van der Waals surface area contributed by atoms with Crippen LogP contribution in [0, 0.1) is 11.6 Å². The summed E-state index contributed by atoms with van der Waals surface area (Å²) in [6.45, 7) is 4.22. The number of benzene rings is 3. The highest BCUT2D eigenvalue weighted by atomic mass is 19.2. The second-order valence-electron chi connectivity index (χ2n) is 6.55. The van der Waals surface area contributed by atoms with Crippen LogP contribution in [-0.2, 0) is 6.42 Å². The smallest absolute Gasteiger partial charge is 0.201 e. The van der Waals surface area contributed by atoms with E-state index < -0.39 is 11.6 Å². The Morgan fingerprint density at radius 2 is 1.30 bits per heavy atom. The van der Waals surface area contributed by atoms with Gasteiger partial charge in [-0.3, -0.25) is 0 Å². The summed E-state index contributed by atoms with van der Waals surface area (Å²) < 4.78 is 33.6. The zero-order chi connectivity index (χ0) is 19.2. The molecule has 0 bridgehead atoms. The van der Waals surface area contributed by atoms with Crippen LogP contribution in [0.1, 0.15) is 32.3 Å². The van der Waals surface area contributed by atoms with Crippen molar-refractivity contribution in [3.8, 4) is 28.0 Å². The van der Waals surface area contributed by atoms with E-state index in [-0.39, 0.29) is 11.3 Å². The van der Waals surface area contributed by atoms with Gasteiger partial charge in [-0.2, -0.15) is 4.39 Å². The highest BCUT2D eigenvalue weighted by Gasteiger charge is 2.15. The van der Waals surface area contributed by atoms with Gasteiger partial charge in [-0.05, 0) is 54.2 Å². The van der Waals surface area contributed by atoms with Crippen molar-refractivity contribution < 1.29 is 13.5 Å². The van der Waals surface area contributed by atoms with Gasteiger partial charge in [-0.25, -0.2) is 4.39 Å². The zero-order valence-corrected chi connectivity index (χ0v) is 15.8. The van der Waals surface area contributed by atoms with Crippen molar-refractivity contribution in [3.63, 3.8) is 0 Å². The summed E-state index contributed by atoms with van der Waals surface area (Å²) >= 11 is 0. The Morgan fingerprint density at radius 3 is 1.89 bits per heavy atom. The van der Waals surface area contributed by atoms with Gasteiger partial charge in [0.25, 0.3) is 0 Å². The summed E-state index contributed by atoms with van der Waals surface area (Å²) in [5.41, 5.74) is 4.37. The molecule has 0 unspecified atom stereocenters. The second kappa shape index (κ2) is 8.81. The van der Waals surface area contributed by atoms with Crippen LogP contribution in [0.3, 0.4) is 0 Å². The van der Waals surface area contributed by atoms with Gasteiger partial charge in [-0.1, -0.05) is 61.9 Å². The van der Waals surface area contributed by atoms with E-state index in [1.807, 2.05) is 24.3 Å². The summed E-state index contributed by atoms with van der Waals surface area (Å²) in [5.74, 6) is -1.88. The molecule has 0 aliphatic heterocycles. The fourth-order valence-corrected chi connectivity index (χ4v) is 3.11. The van der Waals surface area contributed by atoms with E-state index in [0.717, 1.165) is 17.5 Å². The van der Waals surface area contributed by atoms with E-state index in [0.29, 0.717) is 12.2 Å².